The number of hydrogen-bond donors (Lipinski definition) is 5. The molecule has 0 spiro atoms. The fourth-order valence-corrected chi connectivity index (χ4v) is 2.88. The van der Waals surface area contributed by atoms with Crippen molar-refractivity contribution < 1.29 is 9.50 Å². The van der Waals surface area contributed by atoms with Gasteiger partial charge in [-0.1, -0.05) is 12.1 Å². The third-order valence-electron chi connectivity index (χ3n) is 4.56. The molecule has 0 unspecified atom stereocenters. The number of nitrogens with two attached hydrogens (primary N) is 1. The van der Waals surface area contributed by atoms with Gasteiger partial charge in [-0.15, -0.1) is 0 Å². The van der Waals surface area contributed by atoms with Crippen molar-refractivity contribution in [3.8, 4) is 0 Å². The molecule has 3 aromatic rings. The van der Waals surface area contributed by atoms with Crippen LogP contribution in [0.2, 0.25) is 0 Å². The zero-order valence-corrected chi connectivity index (χ0v) is 14.6. The lowest BCUT2D eigenvalue weighted by Crippen LogP contribution is -2.17. The fourth-order valence-electron chi connectivity index (χ4n) is 2.88. The highest BCUT2D eigenvalue weighted by Gasteiger charge is 2.25. The predicted octanol–water partition coefficient (Wildman–Crippen LogP) is 3.29. The Labute approximate surface area is 155 Å². The van der Waals surface area contributed by atoms with Crippen LogP contribution in [0.25, 0.3) is 0 Å². The van der Waals surface area contributed by atoms with Crippen LogP contribution >= 0.6 is 0 Å². The molecule has 2 heterocycles. The fraction of sp³-hybridized carbons (Fsp3) is 0.263. The third-order valence-corrected chi connectivity index (χ3v) is 4.56. The first kappa shape index (κ1) is 17.3. The number of aliphatic hydroxyl groups excluding tert-OH is 1. The van der Waals surface area contributed by atoms with Gasteiger partial charge < -0.3 is 21.5 Å². The molecule has 0 radical (unpaired) electrons. The number of aliphatic hydroxyl groups is 1. The molecule has 0 aliphatic heterocycles. The van der Waals surface area contributed by atoms with Crippen molar-refractivity contribution >= 4 is 23.1 Å². The maximum absolute atomic E-state index is 13.1. The van der Waals surface area contributed by atoms with E-state index in [2.05, 4.69) is 25.8 Å². The molecule has 0 saturated heterocycles. The van der Waals surface area contributed by atoms with Crippen molar-refractivity contribution in [3.63, 3.8) is 0 Å². The number of nitrogens with zero attached hydrogens (tertiary/aromatic N) is 2. The maximum Gasteiger partial charge on any atom is 0.153 e. The SMILES string of the molecule is Nc1ccc(Nc2cc(C3CC3)[nH]n2)nc1N[C@@H](CO)c1ccc(F)cc1. The highest BCUT2D eigenvalue weighted by Crippen LogP contribution is 2.39. The van der Waals surface area contributed by atoms with Gasteiger partial charge in [0.05, 0.1) is 18.3 Å². The van der Waals surface area contributed by atoms with Crippen molar-refractivity contribution in [1.82, 2.24) is 15.2 Å². The number of aromatic amines is 1. The maximum atomic E-state index is 13.1. The molecule has 1 saturated carbocycles. The van der Waals surface area contributed by atoms with Gasteiger partial charge >= 0.3 is 0 Å². The van der Waals surface area contributed by atoms with Gasteiger partial charge in [-0.3, -0.25) is 5.10 Å². The molecule has 140 valence electrons. The Morgan fingerprint density at radius 3 is 2.67 bits per heavy atom. The van der Waals surface area contributed by atoms with Crippen molar-refractivity contribution in [2.24, 2.45) is 0 Å². The minimum atomic E-state index is -0.456. The van der Waals surface area contributed by atoms with Crippen LogP contribution in [-0.2, 0) is 0 Å². The number of halogens is 1. The first-order chi connectivity index (χ1) is 13.1. The number of hydrogen-bond acceptors (Lipinski definition) is 6. The van der Waals surface area contributed by atoms with Crippen LogP contribution in [0.4, 0.5) is 27.5 Å². The summed E-state index contributed by atoms with van der Waals surface area (Å²) in [4.78, 5) is 4.48. The number of anilines is 4. The van der Waals surface area contributed by atoms with Crippen molar-refractivity contribution in [2.45, 2.75) is 24.8 Å². The minimum Gasteiger partial charge on any atom is -0.396 e. The molecule has 27 heavy (non-hydrogen) atoms. The van der Waals surface area contributed by atoms with E-state index in [1.807, 2.05) is 6.07 Å². The summed E-state index contributed by atoms with van der Waals surface area (Å²) in [5.41, 5.74) is 8.33. The highest BCUT2D eigenvalue weighted by molar-refractivity contribution is 5.67. The summed E-state index contributed by atoms with van der Waals surface area (Å²) in [5.74, 6) is 1.96. The van der Waals surface area contributed by atoms with E-state index < -0.39 is 6.04 Å². The van der Waals surface area contributed by atoms with Crippen LogP contribution in [0, 0.1) is 5.82 Å². The number of rotatable bonds is 7. The number of pyridine rings is 1. The highest BCUT2D eigenvalue weighted by atomic mass is 19.1. The van der Waals surface area contributed by atoms with Crippen molar-refractivity contribution in [1.29, 1.82) is 0 Å². The van der Waals surface area contributed by atoms with E-state index in [1.165, 1.54) is 25.0 Å². The van der Waals surface area contributed by atoms with Gasteiger partial charge in [-0.2, -0.15) is 5.10 Å². The number of benzene rings is 1. The molecule has 1 aliphatic carbocycles. The van der Waals surface area contributed by atoms with Crippen molar-refractivity contribution in [2.75, 3.05) is 23.0 Å². The molecule has 0 amide bonds. The molecule has 4 rings (SSSR count). The van der Waals surface area contributed by atoms with E-state index in [4.69, 9.17) is 5.73 Å². The molecule has 1 aromatic carbocycles. The summed E-state index contributed by atoms with van der Waals surface area (Å²) in [6.45, 7) is -0.186. The largest absolute Gasteiger partial charge is 0.396 e. The second kappa shape index (κ2) is 7.24. The molecule has 6 N–H and O–H groups in total. The van der Waals surface area contributed by atoms with E-state index in [0.717, 1.165) is 11.3 Å². The summed E-state index contributed by atoms with van der Waals surface area (Å²) < 4.78 is 13.1. The van der Waals surface area contributed by atoms with E-state index in [9.17, 15) is 9.50 Å². The standard InChI is InChI=1S/C19H21FN6O/c20-13-5-3-12(4-6-13)16(10-27)22-19-14(21)7-8-17(24-19)23-18-9-15(25-26-18)11-1-2-11/h3-9,11,16,27H,1-2,10,21H2,(H3,22,23,24,25,26)/t16-/m0/s1. The Bertz CT molecular complexity index is 922. The zero-order valence-electron chi connectivity index (χ0n) is 14.6. The van der Waals surface area contributed by atoms with Gasteiger partial charge in [0.1, 0.15) is 11.6 Å². The zero-order chi connectivity index (χ0) is 18.8. The van der Waals surface area contributed by atoms with Crippen LogP contribution in [0.5, 0.6) is 0 Å². The Hall–Kier alpha value is -3.13. The van der Waals surface area contributed by atoms with Crippen LogP contribution in [0.3, 0.4) is 0 Å². The van der Waals surface area contributed by atoms with Crippen LogP contribution in [0.15, 0.2) is 42.5 Å². The Morgan fingerprint density at radius 1 is 1.19 bits per heavy atom. The van der Waals surface area contributed by atoms with Crippen molar-refractivity contribution in [3.05, 3.63) is 59.5 Å². The molecule has 8 heteroatoms. The molecule has 1 fully saturated rings. The molecule has 7 nitrogen and oxygen atoms in total. The lowest BCUT2D eigenvalue weighted by Gasteiger charge is -2.19. The number of nitrogen functional groups attached to an aromatic ring is 1. The van der Waals surface area contributed by atoms with Gasteiger partial charge in [0, 0.05) is 17.7 Å². The summed E-state index contributed by atoms with van der Waals surface area (Å²) >= 11 is 0. The predicted molar refractivity (Wildman–Crippen MR) is 102 cm³/mol. The lowest BCUT2D eigenvalue weighted by atomic mass is 10.1. The second-order valence-electron chi connectivity index (χ2n) is 6.67. The lowest BCUT2D eigenvalue weighted by molar-refractivity contribution is 0.276. The summed E-state index contributed by atoms with van der Waals surface area (Å²) in [7, 11) is 0. The summed E-state index contributed by atoms with van der Waals surface area (Å²) in [6, 6.07) is 10.9. The molecular weight excluding hydrogens is 347 g/mol. The molecule has 1 atom stereocenters. The average molecular weight is 368 g/mol. The van der Waals surface area contributed by atoms with Gasteiger partial charge in [-0.05, 0) is 42.7 Å². The van der Waals surface area contributed by atoms with Crippen LogP contribution in [-0.4, -0.2) is 26.9 Å². The summed E-state index contributed by atoms with van der Waals surface area (Å²) in [5, 5.41) is 23.3. The van der Waals surface area contributed by atoms with Gasteiger partial charge in [0.2, 0.25) is 0 Å². The first-order valence-electron chi connectivity index (χ1n) is 8.84. The van der Waals surface area contributed by atoms with E-state index in [-0.39, 0.29) is 12.4 Å². The Morgan fingerprint density at radius 2 is 1.96 bits per heavy atom. The Kier molecular flexibility index (Phi) is 4.64. The van der Waals surface area contributed by atoms with Crippen LogP contribution in [0.1, 0.15) is 36.1 Å². The van der Waals surface area contributed by atoms with Gasteiger partial charge in [0.15, 0.2) is 11.6 Å². The second-order valence-corrected chi connectivity index (χ2v) is 6.67. The van der Waals surface area contributed by atoms with Gasteiger partial charge in [0.25, 0.3) is 0 Å². The minimum absolute atomic E-state index is 0.186. The molecule has 1 aliphatic rings. The quantitative estimate of drug-likeness (QED) is 0.437. The number of H-pyrrole nitrogens is 1. The Balaban J connectivity index is 1.51. The average Bonchev–Trinajstić information content (AvgIpc) is 3.42. The first-order valence-corrected chi connectivity index (χ1v) is 8.84. The third kappa shape index (κ3) is 4.01. The molecular formula is C19H21FN6O. The molecule has 0 bridgehead atoms. The van der Waals surface area contributed by atoms with E-state index in [1.54, 1.807) is 24.3 Å². The molecule has 2 aromatic heterocycles. The monoisotopic (exact) mass is 368 g/mol. The summed E-state index contributed by atoms with van der Waals surface area (Å²) in [6.07, 6.45) is 2.39. The van der Waals surface area contributed by atoms with E-state index >= 15 is 0 Å². The normalized spacial score (nSPS) is 14.7. The smallest absolute Gasteiger partial charge is 0.153 e. The van der Waals surface area contributed by atoms with Crippen LogP contribution < -0.4 is 16.4 Å². The van der Waals surface area contributed by atoms with Gasteiger partial charge in [-0.25, -0.2) is 9.37 Å². The topological polar surface area (TPSA) is 112 Å². The number of nitrogens with one attached hydrogen (secondary N) is 3. The number of aromatic nitrogens is 3. The van der Waals surface area contributed by atoms with E-state index in [0.29, 0.717) is 29.1 Å².